The van der Waals surface area contributed by atoms with Crippen LogP contribution in [0.5, 0.6) is 5.88 Å². The first-order valence-electron chi connectivity index (χ1n) is 5.69. The standard InChI is InChI=1S/C13H12N2O4S/c1-19-12(18)9-4-2-8(3-5-9)7-20-13-14-10(16)6-11(17)15-13/h2-6H,7H2,1H3,(H2,14,15,16,17). The van der Waals surface area contributed by atoms with Crippen LogP contribution in [0.2, 0.25) is 0 Å². The molecular weight excluding hydrogens is 280 g/mol. The molecule has 0 fully saturated rings. The third kappa shape index (κ3) is 3.61. The summed E-state index contributed by atoms with van der Waals surface area (Å²) in [6, 6.07) is 7.93. The Labute approximate surface area is 118 Å². The van der Waals surface area contributed by atoms with Gasteiger partial charge in [-0.1, -0.05) is 23.9 Å². The van der Waals surface area contributed by atoms with Crippen molar-refractivity contribution in [1.82, 2.24) is 9.97 Å². The number of hydrogen-bond acceptors (Lipinski definition) is 6. The lowest BCUT2D eigenvalue weighted by molar-refractivity contribution is 0.0600. The number of aromatic hydroxyl groups is 1. The van der Waals surface area contributed by atoms with E-state index in [1.165, 1.54) is 18.9 Å². The van der Waals surface area contributed by atoms with Crippen molar-refractivity contribution in [2.75, 3.05) is 7.11 Å². The molecule has 0 unspecified atom stereocenters. The number of carbonyl (C=O) groups is 1. The van der Waals surface area contributed by atoms with Crippen LogP contribution in [0.1, 0.15) is 15.9 Å². The zero-order chi connectivity index (χ0) is 14.5. The first-order valence-corrected chi connectivity index (χ1v) is 6.67. The molecule has 20 heavy (non-hydrogen) atoms. The van der Waals surface area contributed by atoms with Gasteiger partial charge >= 0.3 is 5.97 Å². The SMILES string of the molecule is COC(=O)c1ccc(CSc2nc(O)cc(=O)[nH]2)cc1. The Balaban J connectivity index is 2.03. The Morgan fingerprint density at radius 3 is 2.70 bits per heavy atom. The quantitative estimate of drug-likeness (QED) is 0.504. The van der Waals surface area contributed by atoms with Crippen molar-refractivity contribution in [1.29, 1.82) is 0 Å². The molecule has 0 saturated heterocycles. The largest absolute Gasteiger partial charge is 0.493 e. The monoisotopic (exact) mass is 292 g/mol. The summed E-state index contributed by atoms with van der Waals surface area (Å²) in [5, 5.41) is 9.56. The van der Waals surface area contributed by atoms with Crippen LogP contribution in [0.15, 0.2) is 40.3 Å². The average molecular weight is 292 g/mol. The van der Waals surface area contributed by atoms with Gasteiger partial charge in [0, 0.05) is 5.75 Å². The lowest BCUT2D eigenvalue weighted by Gasteiger charge is -2.03. The zero-order valence-electron chi connectivity index (χ0n) is 10.6. The second-order valence-corrected chi connectivity index (χ2v) is 4.85. The number of rotatable bonds is 4. The predicted molar refractivity (Wildman–Crippen MR) is 73.9 cm³/mol. The number of carbonyl (C=O) groups excluding carboxylic acids is 1. The third-order valence-corrected chi connectivity index (χ3v) is 3.40. The molecule has 0 aliphatic heterocycles. The predicted octanol–water partition coefficient (Wildman–Crippen LogP) is 1.55. The number of ether oxygens (including phenoxy) is 1. The molecule has 0 radical (unpaired) electrons. The number of esters is 1. The summed E-state index contributed by atoms with van der Waals surface area (Å²) in [5.74, 6) is -0.145. The van der Waals surface area contributed by atoms with E-state index in [0.29, 0.717) is 16.5 Å². The molecule has 1 aromatic heterocycles. The Kier molecular flexibility index (Phi) is 4.41. The van der Waals surface area contributed by atoms with Crippen molar-refractivity contribution in [3.8, 4) is 5.88 Å². The van der Waals surface area contributed by atoms with Gasteiger partial charge in [-0.25, -0.2) is 4.79 Å². The number of hydrogen-bond donors (Lipinski definition) is 2. The zero-order valence-corrected chi connectivity index (χ0v) is 11.4. The first kappa shape index (κ1) is 14.1. The van der Waals surface area contributed by atoms with Gasteiger partial charge < -0.3 is 14.8 Å². The van der Waals surface area contributed by atoms with Crippen molar-refractivity contribution in [3.63, 3.8) is 0 Å². The molecule has 1 aromatic carbocycles. The molecule has 0 spiro atoms. The average Bonchev–Trinajstić information content (AvgIpc) is 2.44. The van der Waals surface area contributed by atoms with Gasteiger partial charge in [-0.15, -0.1) is 0 Å². The smallest absolute Gasteiger partial charge is 0.337 e. The fourth-order valence-electron chi connectivity index (χ4n) is 1.50. The normalized spacial score (nSPS) is 10.2. The maximum atomic E-state index is 11.3. The number of aromatic amines is 1. The van der Waals surface area contributed by atoms with Gasteiger partial charge in [-0.3, -0.25) is 4.79 Å². The fraction of sp³-hybridized carbons (Fsp3) is 0.154. The lowest BCUT2D eigenvalue weighted by atomic mass is 10.1. The van der Waals surface area contributed by atoms with Gasteiger partial charge in [-0.2, -0.15) is 4.98 Å². The molecule has 0 aliphatic carbocycles. The molecule has 0 saturated carbocycles. The van der Waals surface area contributed by atoms with E-state index in [1.807, 2.05) is 0 Å². The maximum Gasteiger partial charge on any atom is 0.337 e. The highest BCUT2D eigenvalue weighted by molar-refractivity contribution is 7.98. The molecule has 2 N–H and O–H groups in total. The molecule has 7 heteroatoms. The van der Waals surface area contributed by atoms with Crippen LogP contribution >= 0.6 is 11.8 Å². The van der Waals surface area contributed by atoms with Crippen molar-refractivity contribution < 1.29 is 14.6 Å². The van der Waals surface area contributed by atoms with Gasteiger partial charge in [0.2, 0.25) is 5.88 Å². The van der Waals surface area contributed by atoms with Crippen LogP contribution in [-0.4, -0.2) is 28.2 Å². The number of nitrogens with zero attached hydrogens (tertiary/aromatic N) is 1. The highest BCUT2D eigenvalue weighted by Gasteiger charge is 2.05. The van der Waals surface area contributed by atoms with Crippen molar-refractivity contribution in [3.05, 3.63) is 51.8 Å². The summed E-state index contributed by atoms with van der Waals surface area (Å²) in [4.78, 5) is 28.7. The number of H-pyrrole nitrogens is 1. The Morgan fingerprint density at radius 1 is 1.40 bits per heavy atom. The van der Waals surface area contributed by atoms with Crippen molar-refractivity contribution in [2.24, 2.45) is 0 Å². The molecule has 2 aromatic rings. The molecule has 6 nitrogen and oxygen atoms in total. The third-order valence-electron chi connectivity index (χ3n) is 2.46. The topological polar surface area (TPSA) is 92.3 Å². The van der Waals surface area contributed by atoms with Crippen LogP contribution in [0, 0.1) is 0 Å². The van der Waals surface area contributed by atoms with Gasteiger partial charge in [0.25, 0.3) is 5.56 Å². The van der Waals surface area contributed by atoms with E-state index in [-0.39, 0.29) is 11.8 Å². The number of nitrogens with one attached hydrogen (secondary N) is 1. The molecular formula is C13H12N2O4S. The van der Waals surface area contributed by atoms with E-state index in [1.54, 1.807) is 24.3 Å². The first-order chi connectivity index (χ1) is 9.58. The van der Waals surface area contributed by atoms with Gasteiger partial charge in [-0.05, 0) is 17.7 Å². The summed E-state index contributed by atoms with van der Waals surface area (Å²) in [5.41, 5.74) is 1.03. The van der Waals surface area contributed by atoms with E-state index in [4.69, 9.17) is 0 Å². The summed E-state index contributed by atoms with van der Waals surface area (Å²) >= 11 is 1.28. The number of methoxy groups -OCH3 is 1. The van der Waals surface area contributed by atoms with Crippen LogP contribution in [0.3, 0.4) is 0 Å². The molecule has 104 valence electrons. The number of benzene rings is 1. The molecule has 0 amide bonds. The number of aromatic nitrogens is 2. The molecule has 0 atom stereocenters. The van der Waals surface area contributed by atoms with Gasteiger partial charge in [0.15, 0.2) is 5.16 Å². The maximum absolute atomic E-state index is 11.3. The second-order valence-electron chi connectivity index (χ2n) is 3.89. The van der Waals surface area contributed by atoms with Gasteiger partial charge in [0.1, 0.15) is 0 Å². The van der Waals surface area contributed by atoms with Gasteiger partial charge in [0.05, 0.1) is 18.7 Å². The van der Waals surface area contributed by atoms with Crippen molar-refractivity contribution in [2.45, 2.75) is 10.9 Å². The van der Waals surface area contributed by atoms with E-state index in [2.05, 4.69) is 14.7 Å². The summed E-state index contributed by atoms with van der Waals surface area (Å²) < 4.78 is 4.61. The van der Waals surface area contributed by atoms with E-state index >= 15 is 0 Å². The lowest BCUT2D eigenvalue weighted by Crippen LogP contribution is -2.06. The highest BCUT2D eigenvalue weighted by Crippen LogP contribution is 2.19. The molecule has 2 rings (SSSR count). The fourth-order valence-corrected chi connectivity index (χ4v) is 2.32. The van der Waals surface area contributed by atoms with E-state index < -0.39 is 5.56 Å². The second kappa shape index (κ2) is 6.25. The summed E-state index contributed by atoms with van der Waals surface area (Å²) in [7, 11) is 1.33. The molecule has 0 bridgehead atoms. The Morgan fingerprint density at radius 2 is 2.10 bits per heavy atom. The van der Waals surface area contributed by atoms with Crippen LogP contribution in [-0.2, 0) is 10.5 Å². The molecule has 0 aliphatic rings. The minimum atomic E-state index is -0.402. The summed E-state index contributed by atoms with van der Waals surface area (Å²) in [6.45, 7) is 0. The molecule has 1 heterocycles. The Hall–Kier alpha value is -2.28. The van der Waals surface area contributed by atoms with Crippen LogP contribution in [0.4, 0.5) is 0 Å². The number of thioether (sulfide) groups is 1. The van der Waals surface area contributed by atoms with E-state index in [9.17, 15) is 14.7 Å². The van der Waals surface area contributed by atoms with Crippen LogP contribution in [0.25, 0.3) is 0 Å². The van der Waals surface area contributed by atoms with Crippen LogP contribution < -0.4 is 5.56 Å². The highest BCUT2D eigenvalue weighted by atomic mass is 32.2. The Bertz CT molecular complexity index is 667. The minimum absolute atomic E-state index is 0.308. The summed E-state index contributed by atoms with van der Waals surface area (Å²) in [6.07, 6.45) is 0. The van der Waals surface area contributed by atoms with Crippen molar-refractivity contribution >= 4 is 17.7 Å². The minimum Gasteiger partial charge on any atom is -0.493 e. The van der Waals surface area contributed by atoms with E-state index in [0.717, 1.165) is 11.6 Å².